The first-order chi connectivity index (χ1) is 10.5. The van der Waals surface area contributed by atoms with Crippen molar-refractivity contribution < 1.29 is 19.4 Å². The molecule has 0 radical (unpaired) electrons. The summed E-state index contributed by atoms with van der Waals surface area (Å²) in [5.74, 6) is -0.953. The van der Waals surface area contributed by atoms with Crippen LogP contribution in [-0.4, -0.2) is 47.8 Å². The number of carboxylic acids is 1. The number of hydrogen-bond donors (Lipinski definition) is 2. The highest BCUT2D eigenvalue weighted by atomic mass is 16.5. The number of ether oxygens (including phenoxy) is 1. The van der Waals surface area contributed by atoms with Crippen LogP contribution in [0.3, 0.4) is 0 Å². The molecule has 1 saturated heterocycles. The van der Waals surface area contributed by atoms with Crippen LogP contribution in [0.1, 0.15) is 35.7 Å². The van der Waals surface area contributed by atoms with Crippen molar-refractivity contribution in [3.63, 3.8) is 0 Å². The van der Waals surface area contributed by atoms with Crippen molar-refractivity contribution in [3.8, 4) is 0 Å². The van der Waals surface area contributed by atoms with Crippen LogP contribution in [-0.2, 0) is 11.3 Å². The summed E-state index contributed by atoms with van der Waals surface area (Å²) in [5.41, 5.74) is 1.11. The number of hydrogen-bond acceptors (Lipinski definition) is 3. The Morgan fingerprint density at radius 2 is 2.05 bits per heavy atom. The third-order valence-corrected chi connectivity index (χ3v) is 4.07. The predicted octanol–water partition coefficient (Wildman–Crippen LogP) is 2.09. The van der Waals surface area contributed by atoms with Gasteiger partial charge in [-0.05, 0) is 37.5 Å². The monoisotopic (exact) mass is 306 g/mol. The van der Waals surface area contributed by atoms with Crippen LogP contribution in [0.2, 0.25) is 0 Å². The van der Waals surface area contributed by atoms with Gasteiger partial charge >= 0.3 is 12.0 Å². The van der Waals surface area contributed by atoms with Crippen LogP contribution in [0.25, 0.3) is 0 Å². The minimum atomic E-state index is -0.953. The Kier molecular flexibility index (Phi) is 5.38. The standard InChI is InChI=1S/C16H22N2O4/c1-11-9-14(22-2)7-8-18(11)16(21)17-10-12-3-5-13(6-4-12)15(19)20/h3-6,11,14H,7-10H2,1-2H3,(H,17,21)(H,19,20). The summed E-state index contributed by atoms with van der Waals surface area (Å²) >= 11 is 0. The molecular weight excluding hydrogens is 284 g/mol. The van der Waals surface area contributed by atoms with Crippen LogP contribution >= 0.6 is 0 Å². The van der Waals surface area contributed by atoms with E-state index in [1.807, 2.05) is 11.8 Å². The van der Waals surface area contributed by atoms with Crippen LogP contribution in [0.15, 0.2) is 24.3 Å². The second-order valence-electron chi connectivity index (χ2n) is 5.59. The molecule has 0 saturated carbocycles. The molecule has 1 aromatic rings. The number of nitrogens with one attached hydrogen (secondary N) is 1. The Balaban J connectivity index is 1.86. The minimum Gasteiger partial charge on any atom is -0.478 e. The van der Waals surface area contributed by atoms with E-state index < -0.39 is 5.97 Å². The highest BCUT2D eigenvalue weighted by molar-refractivity contribution is 5.87. The molecular formula is C16H22N2O4. The highest BCUT2D eigenvalue weighted by Gasteiger charge is 2.28. The second kappa shape index (κ2) is 7.26. The molecule has 0 aromatic heterocycles. The SMILES string of the molecule is COC1CCN(C(=O)NCc2ccc(C(=O)O)cc2)C(C)C1. The van der Waals surface area contributed by atoms with Gasteiger partial charge in [0.2, 0.25) is 0 Å². The molecule has 0 spiro atoms. The van der Waals surface area contributed by atoms with Gasteiger partial charge in [0.25, 0.3) is 0 Å². The van der Waals surface area contributed by atoms with Crippen LogP contribution in [0.4, 0.5) is 4.79 Å². The summed E-state index contributed by atoms with van der Waals surface area (Å²) in [6.07, 6.45) is 1.92. The number of carbonyl (C=O) groups is 2. The molecule has 22 heavy (non-hydrogen) atoms. The average molecular weight is 306 g/mol. The van der Waals surface area contributed by atoms with E-state index in [1.165, 1.54) is 12.1 Å². The zero-order valence-electron chi connectivity index (χ0n) is 12.9. The summed E-state index contributed by atoms with van der Waals surface area (Å²) in [5, 5.41) is 11.7. The molecule has 1 aliphatic heterocycles. The zero-order chi connectivity index (χ0) is 16.1. The van der Waals surface area contributed by atoms with E-state index in [-0.39, 0.29) is 23.7 Å². The number of amides is 2. The van der Waals surface area contributed by atoms with Gasteiger partial charge in [-0.15, -0.1) is 0 Å². The normalized spacial score (nSPS) is 21.5. The first-order valence-corrected chi connectivity index (χ1v) is 7.40. The van der Waals surface area contributed by atoms with Crippen molar-refractivity contribution in [2.75, 3.05) is 13.7 Å². The molecule has 2 amide bonds. The van der Waals surface area contributed by atoms with Crippen molar-refractivity contribution in [3.05, 3.63) is 35.4 Å². The number of carbonyl (C=O) groups excluding carboxylic acids is 1. The van der Waals surface area contributed by atoms with Gasteiger partial charge in [-0.3, -0.25) is 0 Å². The number of rotatable bonds is 4. The summed E-state index contributed by atoms with van der Waals surface area (Å²) in [6.45, 7) is 3.09. The van der Waals surface area contributed by atoms with Gasteiger partial charge in [0.15, 0.2) is 0 Å². The molecule has 0 aliphatic carbocycles. The molecule has 1 aliphatic rings. The second-order valence-corrected chi connectivity index (χ2v) is 5.59. The number of urea groups is 1. The van der Waals surface area contributed by atoms with E-state index in [0.717, 1.165) is 18.4 Å². The molecule has 1 heterocycles. The third-order valence-electron chi connectivity index (χ3n) is 4.07. The number of benzene rings is 1. The van der Waals surface area contributed by atoms with Crippen molar-refractivity contribution in [2.45, 2.75) is 38.5 Å². The molecule has 120 valence electrons. The summed E-state index contributed by atoms with van der Waals surface area (Å²) < 4.78 is 5.34. The maximum absolute atomic E-state index is 12.2. The fourth-order valence-corrected chi connectivity index (χ4v) is 2.69. The molecule has 0 bridgehead atoms. The molecule has 2 N–H and O–H groups in total. The highest BCUT2D eigenvalue weighted by Crippen LogP contribution is 2.19. The predicted molar refractivity (Wildman–Crippen MR) is 81.8 cm³/mol. The quantitative estimate of drug-likeness (QED) is 0.893. The van der Waals surface area contributed by atoms with Gasteiger partial charge < -0.3 is 20.1 Å². The first kappa shape index (κ1) is 16.3. The van der Waals surface area contributed by atoms with E-state index in [4.69, 9.17) is 9.84 Å². The minimum absolute atomic E-state index is 0.0932. The number of piperidine rings is 1. The maximum atomic E-state index is 12.2. The van der Waals surface area contributed by atoms with Crippen molar-refractivity contribution in [2.24, 2.45) is 0 Å². The average Bonchev–Trinajstić information content (AvgIpc) is 2.52. The smallest absolute Gasteiger partial charge is 0.335 e. The van der Waals surface area contributed by atoms with Gasteiger partial charge in [-0.2, -0.15) is 0 Å². The Morgan fingerprint density at radius 1 is 1.36 bits per heavy atom. The molecule has 6 nitrogen and oxygen atoms in total. The lowest BCUT2D eigenvalue weighted by molar-refractivity contribution is 0.0293. The van der Waals surface area contributed by atoms with Crippen LogP contribution < -0.4 is 5.32 Å². The van der Waals surface area contributed by atoms with Gasteiger partial charge in [0, 0.05) is 26.2 Å². The van der Waals surface area contributed by atoms with Gasteiger partial charge in [-0.25, -0.2) is 9.59 Å². The van der Waals surface area contributed by atoms with Crippen LogP contribution in [0, 0.1) is 0 Å². The van der Waals surface area contributed by atoms with E-state index >= 15 is 0 Å². The maximum Gasteiger partial charge on any atom is 0.335 e. The largest absolute Gasteiger partial charge is 0.478 e. The third kappa shape index (κ3) is 3.98. The first-order valence-electron chi connectivity index (χ1n) is 7.40. The lowest BCUT2D eigenvalue weighted by Crippen LogP contribution is -2.50. The van der Waals surface area contributed by atoms with Crippen molar-refractivity contribution in [1.82, 2.24) is 10.2 Å². The number of likely N-dealkylation sites (tertiary alicyclic amines) is 1. The lowest BCUT2D eigenvalue weighted by Gasteiger charge is -2.37. The molecule has 2 rings (SSSR count). The summed E-state index contributed by atoms with van der Waals surface area (Å²) in [4.78, 5) is 24.8. The van der Waals surface area contributed by atoms with E-state index in [1.54, 1.807) is 19.2 Å². The number of aromatic carboxylic acids is 1. The van der Waals surface area contributed by atoms with E-state index in [9.17, 15) is 9.59 Å². The molecule has 2 unspecified atom stereocenters. The Morgan fingerprint density at radius 3 is 2.59 bits per heavy atom. The van der Waals surface area contributed by atoms with Crippen molar-refractivity contribution >= 4 is 12.0 Å². The summed E-state index contributed by atoms with van der Waals surface area (Å²) in [7, 11) is 1.70. The Hall–Kier alpha value is -2.08. The fraction of sp³-hybridized carbons (Fsp3) is 0.500. The molecule has 6 heteroatoms. The van der Waals surface area contributed by atoms with Gasteiger partial charge in [0.05, 0.1) is 11.7 Å². The molecule has 1 aromatic carbocycles. The van der Waals surface area contributed by atoms with E-state index in [0.29, 0.717) is 13.1 Å². The van der Waals surface area contributed by atoms with Gasteiger partial charge in [0.1, 0.15) is 0 Å². The number of methoxy groups -OCH3 is 1. The van der Waals surface area contributed by atoms with Crippen molar-refractivity contribution in [1.29, 1.82) is 0 Å². The van der Waals surface area contributed by atoms with Gasteiger partial charge in [-0.1, -0.05) is 12.1 Å². The topological polar surface area (TPSA) is 78.9 Å². The van der Waals surface area contributed by atoms with E-state index in [2.05, 4.69) is 5.32 Å². The number of carboxylic acid groups (broad SMARTS) is 1. The lowest BCUT2D eigenvalue weighted by atomic mass is 10.0. The Labute approximate surface area is 130 Å². The fourth-order valence-electron chi connectivity index (χ4n) is 2.69. The number of nitrogens with zero attached hydrogens (tertiary/aromatic N) is 1. The Bertz CT molecular complexity index is 529. The molecule has 1 fully saturated rings. The summed E-state index contributed by atoms with van der Waals surface area (Å²) in [6, 6.07) is 6.55. The molecule has 2 atom stereocenters. The van der Waals surface area contributed by atoms with Crippen LogP contribution in [0.5, 0.6) is 0 Å². The zero-order valence-corrected chi connectivity index (χ0v) is 12.9.